The van der Waals surface area contributed by atoms with E-state index in [1.807, 2.05) is 6.92 Å². The predicted octanol–water partition coefficient (Wildman–Crippen LogP) is -0.0140. The summed E-state index contributed by atoms with van der Waals surface area (Å²) in [5, 5.41) is 44.5. The molecular weight excluding hydrogens is 507 g/mol. The fraction of sp³-hybridized carbons (Fsp3) is 1.00. The zero-order valence-electron chi connectivity index (χ0n) is 23.3. The number of hydrogen-bond donors (Lipinski definition) is 4. The van der Waals surface area contributed by atoms with Crippen LogP contribution in [0.4, 0.5) is 0 Å². The number of hydrogen-bond acceptors (Lipinski definition) is 8. The molecule has 210 valence electrons. The molecule has 6 unspecified atom stereocenters. The van der Waals surface area contributed by atoms with Gasteiger partial charge in [-0.2, -0.15) is 0 Å². The summed E-state index contributed by atoms with van der Waals surface area (Å²) in [6.07, 6.45) is 5.45. The summed E-state index contributed by atoms with van der Waals surface area (Å²) < 4.78 is 36.5. The van der Waals surface area contributed by atoms with Crippen LogP contribution in [0.1, 0.15) is 91.9 Å². The molecule has 0 amide bonds. The summed E-state index contributed by atoms with van der Waals surface area (Å²) in [4.78, 5) is 0. The Bertz CT molecular complexity index is 903. The molecule has 0 spiro atoms. The van der Waals surface area contributed by atoms with Crippen LogP contribution < -0.4 is 29.6 Å². The molecule has 4 aliphatic carbocycles. The second-order valence-corrected chi connectivity index (χ2v) is 14.5. The minimum Gasteiger partial charge on any atom is -0.726 e. The Morgan fingerprint density at radius 3 is 2.38 bits per heavy atom. The van der Waals surface area contributed by atoms with Crippen LogP contribution in [-0.2, 0) is 14.6 Å². The van der Waals surface area contributed by atoms with Crippen molar-refractivity contribution >= 4 is 10.4 Å². The fourth-order valence-electron chi connectivity index (χ4n) is 9.53. The number of aliphatic hydroxyl groups excluding tert-OH is 3. The summed E-state index contributed by atoms with van der Waals surface area (Å²) in [7, 11) is -4.66. The van der Waals surface area contributed by atoms with Gasteiger partial charge < -0.3 is 25.0 Å². The summed E-state index contributed by atoms with van der Waals surface area (Å²) in [6.45, 7) is 8.47. The molecule has 4 fully saturated rings. The van der Waals surface area contributed by atoms with E-state index in [0.29, 0.717) is 31.1 Å². The number of aliphatic hydroxyl groups is 4. The molecule has 10 heteroatoms. The Kier molecular flexibility index (Phi) is 10.0. The van der Waals surface area contributed by atoms with Gasteiger partial charge in [-0.3, -0.25) is 4.18 Å². The van der Waals surface area contributed by atoms with E-state index < -0.39 is 39.7 Å². The monoisotopic (exact) mass is 554 g/mol. The quantitative estimate of drug-likeness (QED) is 0.186. The van der Waals surface area contributed by atoms with Gasteiger partial charge in [-0.15, -0.1) is 0 Å². The zero-order chi connectivity index (χ0) is 26.7. The molecule has 4 saturated carbocycles. The van der Waals surface area contributed by atoms with Crippen LogP contribution in [0.5, 0.6) is 0 Å². The third-order valence-electron chi connectivity index (χ3n) is 11.4. The molecule has 4 N–H and O–H groups in total. The first-order chi connectivity index (χ1) is 16.6. The van der Waals surface area contributed by atoms with E-state index in [1.165, 1.54) is 0 Å². The van der Waals surface area contributed by atoms with E-state index in [0.717, 1.165) is 38.5 Å². The minimum absolute atomic E-state index is 0. The van der Waals surface area contributed by atoms with Gasteiger partial charge in [0.15, 0.2) is 0 Å². The first-order valence-electron chi connectivity index (χ1n) is 14.0. The molecule has 0 bridgehead atoms. The Balaban J connectivity index is 0.00000380. The maximum absolute atomic E-state index is 11.6. The molecule has 4 rings (SSSR count). The third kappa shape index (κ3) is 5.88. The first-order valence-corrected chi connectivity index (χ1v) is 15.3. The van der Waals surface area contributed by atoms with Crippen LogP contribution in [-0.4, -0.2) is 63.9 Å². The van der Waals surface area contributed by atoms with E-state index in [2.05, 4.69) is 25.0 Å². The first kappa shape index (κ1) is 32.2. The molecule has 0 aromatic heterocycles. The molecular formula is C27H47NaO8S. The largest absolute Gasteiger partial charge is 1.00 e. The molecule has 12 atom stereocenters. The van der Waals surface area contributed by atoms with Gasteiger partial charge in [0.25, 0.3) is 0 Å². The van der Waals surface area contributed by atoms with Gasteiger partial charge in [0.05, 0.1) is 30.5 Å². The van der Waals surface area contributed by atoms with Crippen LogP contribution in [0.3, 0.4) is 0 Å². The Hall–Kier alpha value is 0.710. The average molecular weight is 555 g/mol. The van der Waals surface area contributed by atoms with Gasteiger partial charge in [-0.1, -0.05) is 40.5 Å². The molecule has 0 heterocycles. The van der Waals surface area contributed by atoms with Crippen molar-refractivity contribution in [2.45, 2.75) is 116 Å². The molecule has 0 aromatic carbocycles. The van der Waals surface area contributed by atoms with Crippen molar-refractivity contribution in [2.24, 2.45) is 46.3 Å². The van der Waals surface area contributed by atoms with Gasteiger partial charge in [-0.25, -0.2) is 8.42 Å². The van der Waals surface area contributed by atoms with E-state index in [-0.39, 0.29) is 71.7 Å². The molecule has 0 radical (unpaired) electrons. The normalized spacial score (nSPS) is 47.2. The summed E-state index contributed by atoms with van der Waals surface area (Å²) >= 11 is 0. The SMILES string of the molecule is CC(CCC[C@H](C)COS(=O)(=O)[O-])[C@H]1CC(O)C2C3C[C@@H](O)C4(O)C[C@@H](O)CC[C@]4(C)C3CC[C@@]21C.[Na+]. The van der Waals surface area contributed by atoms with E-state index in [9.17, 15) is 33.4 Å². The van der Waals surface area contributed by atoms with Crippen molar-refractivity contribution in [3.63, 3.8) is 0 Å². The van der Waals surface area contributed by atoms with Gasteiger partial charge in [-0.05, 0) is 85.9 Å². The molecule has 37 heavy (non-hydrogen) atoms. The fourth-order valence-corrected chi connectivity index (χ4v) is 9.93. The van der Waals surface area contributed by atoms with Crippen molar-refractivity contribution in [1.29, 1.82) is 0 Å². The van der Waals surface area contributed by atoms with Gasteiger partial charge in [0, 0.05) is 11.8 Å². The van der Waals surface area contributed by atoms with Crippen LogP contribution in [0.25, 0.3) is 0 Å². The summed E-state index contributed by atoms with van der Waals surface area (Å²) in [5.74, 6) is 1.17. The summed E-state index contributed by atoms with van der Waals surface area (Å²) in [6, 6.07) is 0. The average Bonchev–Trinajstić information content (AvgIpc) is 3.05. The topological polar surface area (TPSA) is 147 Å². The smallest absolute Gasteiger partial charge is 0.726 e. The second kappa shape index (κ2) is 11.5. The maximum Gasteiger partial charge on any atom is 1.00 e. The number of rotatable bonds is 8. The molecule has 0 saturated heterocycles. The summed E-state index contributed by atoms with van der Waals surface area (Å²) in [5.41, 5.74) is -1.78. The third-order valence-corrected chi connectivity index (χ3v) is 11.9. The Morgan fingerprint density at radius 2 is 1.73 bits per heavy atom. The van der Waals surface area contributed by atoms with Gasteiger partial charge in [0.2, 0.25) is 10.4 Å². The van der Waals surface area contributed by atoms with Crippen molar-refractivity contribution in [2.75, 3.05) is 6.61 Å². The molecule has 0 aliphatic heterocycles. The van der Waals surface area contributed by atoms with Crippen LogP contribution in [0.15, 0.2) is 0 Å². The molecule has 0 aromatic rings. The van der Waals surface area contributed by atoms with E-state index in [4.69, 9.17) is 0 Å². The predicted molar refractivity (Wildman–Crippen MR) is 133 cm³/mol. The van der Waals surface area contributed by atoms with Crippen molar-refractivity contribution < 1.29 is 67.1 Å². The number of fused-ring (bicyclic) bond motifs is 5. The van der Waals surface area contributed by atoms with E-state index in [1.54, 1.807) is 0 Å². The van der Waals surface area contributed by atoms with Gasteiger partial charge >= 0.3 is 29.6 Å². The van der Waals surface area contributed by atoms with Crippen LogP contribution >= 0.6 is 0 Å². The van der Waals surface area contributed by atoms with E-state index >= 15 is 0 Å². The maximum atomic E-state index is 11.6. The van der Waals surface area contributed by atoms with Crippen LogP contribution in [0, 0.1) is 46.3 Å². The minimum atomic E-state index is -4.66. The van der Waals surface area contributed by atoms with Crippen molar-refractivity contribution in [3.05, 3.63) is 0 Å². The zero-order valence-corrected chi connectivity index (χ0v) is 26.1. The van der Waals surface area contributed by atoms with Crippen LogP contribution in [0.2, 0.25) is 0 Å². The molecule has 8 nitrogen and oxygen atoms in total. The van der Waals surface area contributed by atoms with Gasteiger partial charge in [0.1, 0.15) is 0 Å². The second-order valence-electron chi connectivity index (χ2n) is 13.4. The Morgan fingerprint density at radius 1 is 1.05 bits per heavy atom. The molecule has 4 aliphatic rings. The Labute approximate surface area is 245 Å². The van der Waals surface area contributed by atoms with Crippen molar-refractivity contribution in [3.8, 4) is 0 Å². The van der Waals surface area contributed by atoms with Crippen molar-refractivity contribution in [1.82, 2.24) is 0 Å². The standard InChI is InChI=1S/C27H48O8S.Na/c1-16(15-35-36(32,33)34)6-5-7-17(2)21-13-22(29)24-19-12-23(30)27(31)14-18(28)8-11-26(27,4)20(19)9-10-25(21,24)3;/h16-24,28-31H,5-15H2,1-4H3,(H,32,33,34);/q;+1/p-1/t16-,17?,18-,19?,20?,21+,22?,23+,24?,25+,26+,27?;/m0./s1.